The lowest BCUT2D eigenvalue weighted by atomic mass is 9.90. The molecule has 0 aliphatic rings. The minimum Gasteiger partial charge on any atom is -0.292 e. The van der Waals surface area contributed by atoms with Crippen LogP contribution in [0.15, 0.2) is 231 Å². The quantitative estimate of drug-likeness (QED) is 0.158. The Hall–Kier alpha value is -9.11. The molecule has 0 N–H and O–H groups in total. The van der Waals surface area contributed by atoms with Gasteiger partial charge in [-0.2, -0.15) is 0 Å². The maximum absolute atomic E-state index is 5.55. The Morgan fingerprint density at radius 3 is 1.03 bits per heavy atom. The van der Waals surface area contributed by atoms with Gasteiger partial charge in [-0.3, -0.25) is 4.57 Å². The van der Waals surface area contributed by atoms with Crippen LogP contribution < -0.4 is 0 Å². The monoisotopic (exact) mass is 870 g/mol. The van der Waals surface area contributed by atoms with Crippen molar-refractivity contribution in [1.29, 1.82) is 0 Å². The number of nitrogens with zero attached hydrogens (tertiary/aromatic N) is 2. The SMILES string of the molecule is c1cc2ccc3ccc(-c4ccc(-c5nc6cc(-c7ccc8ccc9cccc%10ccc7c8c9%10)ccc6n5-c5ccc(-c6ccc7ccc8cccc9ccc6c7c89)cc5)cc4)c4ccc(c1)c2c34. The van der Waals surface area contributed by atoms with Crippen LogP contribution >= 0.6 is 0 Å². The number of rotatable bonds is 5. The lowest BCUT2D eigenvalue weighted by molar-refractivity contribution is 1.10. The summed E-state index contributed by atoms with van der Waals surface area (Å²) in [5.41, 5.74) is 11.4. The zero-order valence-electron chi connectivity index (χ0n) is 37.3. The minimum atomic E-state index is 0.912. The molecule has 0 amide bonds. The summed E-state index contributed by atoms with van der Waals surface area (Å²) in [4.78, 5) is 5.55. The van der Waals surface area contributed by atoms with E-state index in [1.165, 1.54) is 125 Å². The van der Waals surface area contributed by atoms with Gasteiger partial charge in [0.05, 0.1) is 11.0 Å². The lowest BCUT2D eigenvalue weighted by Crippen LogP contribution is -1.98. The fraction of sp³-hybridized carbons (Fsp3) is 0. The van der Waals surface area contributed by atoms with Gasteiger partial charge in [-0.15, -0.1) is 0 Å². The van der Waals surface area contributed by atoms with Crippen LogP contribution in [0.5, 0.6) is 0 Å². The van der Waals surface area contributed by atoms with Crippen LogP contribution in [0.2, 0.25) is 0 Å². The molecule has 0 radical (unpaired) electrons. The smallest absolute Gasteiger partial charge is 0.145 e. The van der Waals surface area contributed by atoms with E-state index in [1.54, 1.807) is 0 Å². The molecular formula is C67H38N2. The second kappa shape index (κ2) is 13.7. The number of hydrogen-bond donors (Lipinski definition) is 0. The largest absolute Gasteiger partial charge is 0.292 e. The highest BCUT2D eigenvalue weighted by molar-refractivity contribution is 6.28. The van der Waals surface area contributed by atoms with Gasteiger partial charge >= 0.3 is 0 Å². The van der Waals surface area contributed by atoms with Crippen molar-refractivity contribution in [1.82, 2.24) is 9.55 Å². The van der Waals surface area contributed by atoms with Crippen LogP contribution in [0.25, 0.3) is 158 Å². The molecule has 316 valence electrons. The highest BCUT2D eigenvalue weighted by Crippen LogP contribution is 2.44. The predicted molar refractivity (Wildman–Crippen MR) is 294 cm³/mol. The van der Waals surface area contributed by atoms with Gasteiger partial charge in [0.1, 0.15) is 5.82 Å². The number of benzene rings is 15. The summed E-state index contributed by atoms with van der Waals surface area (Å²) in [5.74, 6) is 0.912. The average Bonchev–Trinajstić information content (AvgIpc) is 3.80. The van der Waals surface area contributed by atoms with E-state index >= 15 is 0 Å². The van der Waals surface area contributed by atoms with Crippen LogP contribution in [0.4, 0.5) is 0 Å². The molecular weight excluding hydrogens is 833 g/mol. The van der Waals surface area contributed by atoms with Crippen LogP contribution in [0, 0.1) is 0 Å². The van der Waals surface area contributed by atoms with Gasteiger partial charge in [0.25, 0.3) is 0 Å². The predicted octanol–water partition coefficient (Wildman–Crippen LogP) is 18.4. The Balaban J connectivity index is 0.859. The van der Waals surface area contributed by atoms with E-state index in [0.29, 0.717) is 0 Å². The number of aromatic nitrogens is 2. The van der Waals surface area contributed by atoms with Gasteiger partial charge in [-0.05, 0) is 155 Å². The van der Waals surface area contributed by atoms with Crippen LogP contribution in [-0.4, -0.2) is 9.55 Å². The molecule has 0 fully saturated rings. The number of fused-ring (bicyclic) bond motifs is 1. The second-order valence-corrected chi connectivity index (χ2v) is 19.0. The topological polar surface area (TPSA) is 17.8 Å². The summed E-state index contributed by atoms with van der Waals surface area (Å²) in [7, 11) is 0. The molecule has 0 saturated carbocycles. The molecule has 16 rings (SSSR count). The Bertz CT molecular complexity index is 4700. The van der Waals surface area contributed by atoms with Gasteiger partial charge in [0, 0.05) is 11.3 Å². The van der Waals surface area contributed by atoms with Gasteiger partial charge in [-0.25, -0.2) is 4.98 Å². The van der Waals surface area contributed by atoms with Crippen molar-refractivity contribution in [3.05, 3.63) is 231 Å². The Labute approximate surface area is 396 Å². The Morgan fingerprint density at radius 1 is 0.261 bits per heavy atom. The summed E-state index contributed by atoms with van der Waals surface area (Å²) in [6.07, 6.45) is 0. The van der Waals surface area contributed by atoms with Crippen LogP contribution in [0.1, 0.15) is 0 Å². The molecule has 16 aromatic rings. The summed E-state index contributed by atoms with van der Waals surface area (Å²) in [6.45, 7) is 0. The summed E-state index contributed by atoms with van der Waals surface area (Å²) in [5, 5.41) is 23.3. The first-order valence-corrected chi connectivity index (χ1v) is 23.9. The number of hydrogen-bond acceptors (Lipinski definition) is 1. The zero-order chi connectivity index (χ0) is 44.9. The van der Waals surface area contributed by atoms with Crippen LogP contribution in [0.3, 0.4) is 0 Å². The molecule has 1 aromatic heterocycles. The fourth-order valence-electron chi connectivity index (χ4n) is 12.3. The maximum atomic E-state index is 5.55. The third kappa shape index (κ3) is 5.23. The second-order valence-electron chi connectivity index (χ2n) is 19.0. The lowest BCUT2D eigenvalue weighted by Gasteiger charge is -2.16. The molecule has 0 atom stereocenters. The molecule has 1 heterocycles. The van der Waals surface area contributed by atoms with Crippen molar-refractivity contribution in [2.75, 3.05) is 0 Å². The molecule has 0 bridgehead atoms. The van der Waals surface area contributed by atoms with E-state index < -0.39 is 0 Å². The van der Waals surface area contributed by atoms with E-state index in [0.717, 1.165) is 33.7 Å². The van der Waals surface area contributed by atoms with E-state index in [9.17, 15) is 0 Å². The van der Waals surface area contributed by atoms with Gasteiger partial charge in [0.2, 0.25) is 0 Å². The van der Waals surface area contributed by atoms with E-state index in [-0.39, 0.29) is 0 Å². The molecule has 2 heteroatoms. The van der Waals surface area contributed by atoms with Crippen molar-refractivity contribution in [2.45, 2.75) is 0 Å². The molecule has 0 aliphatic carbocycles. The minimum absolute atomic E-state index is 0.912. The first kappa shape index (κ1) is 37.0. The van der Waals surface area contributed by atoms with Gasteiger partial charge in [0.15, 0.2) is 0 Å². The average molecular weight is 871 g/mol. The Kier molecular flexibility index (Phi) is 7.37. The van der Waals surface area contributed by atoms with Crippen molar-refractivity contribution < 1.29 is 0 Å². The van der Waals surface area contributed by atoms with Gasteiger partial charge in [-0.1, -0.05) is 206 Å². The van der Waals surface area contributed by atoms with E-state index in [4.69, 9.17) is 4.98 Å². The molecule has 0 aliphatic heterocycles. The Morgan fingerprint density at radius 2 is 0.594 bits per heavy atom. The molecule has 2 nitrogen and oxygen atoms in total. The highest BCUT2D eigenvalue weighted by Gasteiger charge is 2.20. The maximum Gasteiger partial charge on any atom is 0.145 e. The van der Waals surface area contributed by atoms with Crippen molar-refractivity contribution in [3.8, 4) is 50.5 Å². The molecule has 15 aromatic carbocycles. The molecule has 69 heavy (non-hydrogen) atoms. The molecule has 0 spiro atoms. The molecule has 0 saturated heterocycles. The summed E-state index contributed by atoms with van der Waals surface area (Å²) < 4.78 is 2.35. The third-order valence-corrected chi connectivity index (χ3v) is 15.4. The van der Waals surface area contributed by atoms with Gasteiger partial charge < -0.3 is 0 Å². The van der Waals surface area contributed by atoms with Crippen molar-refractivity contribution in [3.63, 3.8) is 0 Å². The van der Waals surface area contributed by atoms with E-state index in [2.05, 4.69) is 235 Å². The van der Waals surface area contributed by atoms with Crippen molar-refractivity contribution >= 4 is 108 Å². The first-order chi connectivity index (χ1) is 34.2. The normalized spacial score (nSPS) is 12.3. The first-order valence-electron chi connectivity index (χ1n) is 23.9. The van der Waals surface area contributed by atoms with Crippen molar-refractivity contribution in [2.24, 2.45) is 0 Å². The third-order valence-electron chi connectivity index (χ3n) is 15.4. The fourth-order valence-corrected chi connectivity index (χ4v) is 12.3. The standard InChI is InChI=1S/C67H38N2/c1-4-41-12-15-47-22-31-53(56-34-25-44(7-1)61(41)64(47)56)39-10-18-50(19-11-39)67-68-59-38-51(55-33-24-49-17-14-43-6-3-9-46-27-36-58(55)66(49)63(43)46)28-37-60(59)69(67)52-29-20-40(21-30-52)54-32-23-48-16-13-42-5-2-8-45-26-35-57(54)65(48)62(42)45/h1-38H. The zero-order valence-corrected chi connectivity index (χ0v) is 37.3. The molecule has 0 unspecified atom stereocenters. The summed E-state index contributed by atoms with van der Waals surface area (Å²) >= 11 is 0. The highest BCUT2D eigenvalue weighted by atomic mass is 15.1. The summed E-state index contributed by atoms with van der Waals surface area (Å²) in [6, 6.07) is 85.8. The van der Waals surface area contributed by atoms with Crippen LogP contribution in [-0.2, 0) is 0 Å². The number of imidazole rings is 1. The van der Waals surface area contributed by atoms with E-state index in [1.807, 2.05) is 0 Å².